The number of para-hydroxylation sites is 1. The lowest BCUT2D eigenvalue weighted by Crippen LogP contribution is -2.25. The number of hydrogen-bond donors (Lipinski definition) is 1. The molecule has 0 bridgehead atoms. The van der Waals surface area contributed by atoms with Gasteiger partial charge in [0.15, 0.2) is 0 Å². The Morgan fingerprint density at radius 2 is 1.29 bits per heavy atom. The summed E-state index contributed by atoms with van der Waals surface area (Å²) in [7, 11) is 0. The van der Waals surface area contributed by atoms with Crippen LogP contribution in [0.5, 0.6) is 0 Å². The van der Waals surface area contributed by atoms with Crippen LogP contribution in [-0.4, -0.2) is 10.4 Å². The van der Waals surface area contributed by atoms with Crippen LogP contribution in [0.2, 0.25) is 0 Å². The summed E-state index contributed by atoms with van der Waals surface area (Å²) in [6.07, 6.45) is 3.05. The molecule has 0 radical (unpaired) electrons. The number of rotatable bonds is 4. The summed E-state index contributed by atoms with van der Waals surface area (Å²) in [5, 5.41) is 6.43. The van der Waals surface area contributed by atoms with Gasteiger partial charge in [0.2, 0.25) is 0 Å². The third kappa shape index (κ3) is 4.69. The number of benzene rings is 6. The molecule has 1 N–H and O–H groups in total. The van der Waals surface area contributed by atoms with E-state index in [0.29, 0.717) is 0 Å². The van der Waals surface area contributed by atoms with E-state index in [2.05, 4.69) is 170 Å². The Morgan fingerprint density at radius 1 is 0.612 bits per heavy atom. The molecule has 236 valence electrons. The fourth-order valence-electron chi connectivity index (χ4n) is 8.00. The summed E-state index contributed by atoms with van der Waals surface area (Å²) < 4.78 is 2.44. The number of amidine groups is 1. The van der Waals surface area contributed by atoms with Crippen LogP contribution in [0, 0.1) is 0 Å². The van der Waals surface area contributed by atoms with Crippen molar-refractivity contribution in [3.63, 3.8) is 0 Å². The predicted molar refractivity (Wildman–Crippen MR) is 206 cm³/mol. The zero-order valence-corrected chi connectivity index (χ0v) is 28.0. The number of aliphatic imine (C=N–C) groups is 1. The number of hydrogen-bond acceptors (Lipinski definition) is 2. The maximum absolute atomic E-state index is 5.20. The van der Waals surface area contributed by atoms with E-state index in [1.54, 1.807) is 0 Å². The quantitative estimate of drug-likeness (QED) is 0.206. The zero-order valence-electron chi connectivity index (χ0n) is 28.0. The maximum atomic E-state index is 5.20. The summed E-state index contributed by atoms with van der Waals surface area (Å²) in [6, 6.07) is 52.3. The summed E-state index contributed by atoms with van der Waals surface area (Å²) in [5.74, 6) is 0.841. The average Bonchev–Trinajstić information content (AvgIpc) is 3.60. The van der Waals surface area contributed by atoms with Gasteiger partial charge >= 0.3 is 0 Å². The molecule has 1 aromatic heterocycles. The van der Waals surface area contributed by atoms with Crippen LogP contribution in [0.3, 0.4) is 0 Å². The fraction of sp³-hybridized carbons (Fsp3) is 0.109. The molecule has 0 amide bonds. The molecule has 0 unspecified atom stereocenters. The van der Waals surface area contributed by atoms with Crippen LogP contribution in [0.1, 0.15) is 55.0 Å². The highest BCUT2D eigenvalue weighted by atomic mass is 15.0. The van der Waals surface area contributed by atoms with Crippen LogP contribution < -0.4 is 5.32 Å². The first kappa shape index (κ1) is 29.2. The van der Waals surface area contributed by atoms with Crippen LogP contribution in [0.25, 0.3) is 50.0 Å². The van der Waals surface area contributed by atoms with Crippen molar-refractivity contribution < 1.29 is 0 Å². The number of aromatic nitrogens is 1. The Morgan fingerprint density at radius 3 is 2.06 bits per heavy atom. The molecule has 1 aliphatic carbocycles. The molecule has 7 aromatic rings. The van der Waals surface area contributed by atoms with Gasteiger partial charge in [-0.1, -0.05) is 141 Å². The van der Waals surface area contributed by atoms with Gasteiger partial charge in [0.05, 0.1) is 16.7 Å². The molecule has 3 nitrogen and oxygen atoms in total. The second kappa shape index (κ2) is 11.4. The maximum Gasteiger partial charge on any atom is 0.138 e. The van der Waals surface area contributed by atoms with E-state index in [0.717, 1.165) is 46.0 Å². The molecule has 49 heavy (non-hydrogen) atoms. The molecule has 1 aliphatic heterocycles. The third-order valence-electron chi connectivity index (χ3n) is 10.4. The van der Waals surface area contributed by atoms with Gasteiger partial charge in [-0.3, -0.25) is 0 Å². The first-order chi connectivity index (χ1) is 24.0. The number of allylic oxidation sites excluding steroid dienone is 2. The molecule has 6 aromatic carbocycles. The minimum Gasteiger partial charge on any atom is -0.339 e. The minimum absolute atomic E-state index is 0.0923. The van der Waals surface area contributed by atoms with Crippen molar-refractivity contribution in [2.75, 3.05) is 0 Å². The Hall–Kier alpha value is -5.93. The van der Waals surface area contributed by atoms with Crippen molar-refractivity contribution in [2.45, 2.75) is 32.6 Å². The molecule has 2 aliphatic rings. The van der Waals surface area contributed by atoms with E-state index in [1.807, 2.05) is 12.1 Å². The fourth-order valence-corrected chi connectivity index (χ4v) is 8.00. The Balaban J connectivity index is 1.16. The van der Waals surface area contributed by atoms with E-state index in [4.69, 9.17) is 4.99 Å². The molecule has 0 fully saturated rings. The van der Waals surface area contributed by atoms with Gasteiger partial charge < -0.3 is 9.88 Å². The van der Waals surface area contributed by atoms with Crippen molar-refractivity contribution in [2.24, 2.45) is 4.99 Å². The van der Waals surface area contributed by atoms with Crippen LogP contribution in [-0.2, 0) is 5.41 Å². The lowest BCUT2D eigenvalue weighted by Gasteiger charge is -2.22. The lowest BCUT2D eigenvalue weighted by molar-refractivity contribution is 0.666. The van der Waals surface area contributed by atoms with Crippen molar-refractivity contribution in [1.29, 1.82) is 0 Å². The predicted octanol–water partition coefficient (Wildman–Crippen LogP) is 11.3. The molecule has 2 heterocycles. The topological polar surface area (TPSA) is 29.3 Å². The Bertz CT molecular complexity index is 2490. The first-order valence-electron chi connectivity index (χ1n) is 17.1. The van der Waals surface area contributed by atoms with Gasteiger partial charge in [0, 0.05) is 33.1 Å². The summed E-state index contributed by atoms with van der Waals surface area (Å²) in [6.45, 7) is 6.97. The van der Waals surface area contributed by atoms with Gasteiger partial charge in [-0.2, -0.15) is 0 Å². The van der Waals surface area contributed by atoms with Crippen molar-refractivity contribution in [3.05, 3.63) is 185 Å². The highest BCUT2D eigenvalue weighted by Gasteiger charge is 2.38. The molecule has 0 atom stereocenters. The molecule has 3 heteroatoms. The van der Waals surface area contributed by atoms with Gasteiger partial charge in [-0.05, 0) is 76.6 Å². The van der Waals surface area contributed by atoms with E-state index in [1.165, 1.54) is 49.6 Å². The lowest BCUT2D eigenvalue weighted by atomic mass is 9.80. The standard InChI is InChI=1S/C46H37N3/c1-30-22-28-39(31-14-6-4-7-15-31)47-45(33-16-8-5-9-17-33)48-44(30)32-23-25-34(26-24-32)49-40-21-13-11-19-37(40)42-41(49)29-27-36-35-18-10-12-20-38(35)46(2,3)43(36)42/h4-21,23-29H,22H2,1-3H3,(H,47,48)/b39-28+,44-30?. The Labute approximate surface area is 287 Å². The first-order valence-corrected chi connectivity index (χ1v) is 17.1. The SMILES string of the molecule is CC1=C(c2ccc(-n3c4ccccc4c4c5c(ccc43)-c3ccccc3C5(C)C)cc2)NC(c2ccccc2)=N/C(c2ccccc2)=C/C1. The van der Waals surface area contributed by atoms with Crippen molar-refractivity contribution in [3.8, 4) is 16.8 Å². The van der Waals surface area contributed by atoms with Crippen molar-refractivity contribution >= 4 is 39.0 Å². The Kier molecular flexibility index (Phi) is 6.77. The summed E-state index contributed by atoms with van der Waals surface area (Å²) in [5.41, 5.74) is 15.7. The van der Waals surface area contributed by atoms with Crippen LogP contribution in [0.15, 0.2) is 162 Å². The second-order valence-electron chi connectivity index (χ2n) is 13.7. The molecule has 0 saturated carbocycles. The number of nitrogens with zero attached hydrogens (tertiary/aromatic N) is 2. The highest BCUT2D eigenvalue weighted by molar-refractivity contribution is 6.14. The summed E-state index contributed by atoms with van der Waals surface area (Å²) in [4.78, 5) is 5.20. The molecule has 0 saturated heterocycles. The minimum atomic E-state index is -0.0923. The second-order valence-corrected chi connectivity index (χ2v) is 13.7. The molecular weight excluding hydrogens is 595 g/mol. The van der Waals surface area contributed by atoms with E-state index < -0.39 is 0 Å². The monoisotopic (exact) mass is 631 g/mol. The van der Waals surface area contributed by atoms with Gasteiger partial charge in [0.25, 0.3) is 0 Å². The average molecular weight is 632 g/mol. The largest absolute Gasteiger partial charge is 0.339 e. The van der Waals surface area contributed by atoms with Gasteiger partial charge in [-0.15, -0.1) is 0 Å². The number of nitrogens with one attached hydrogen (secondary N) is 1. The third-order valence-corrected chi connectivity index (χ3v) is 10.4. The summed E-state index contributed by atoms with van der Waals surface area (Å²) >= 11 is 0. The zero-order chi connectivity index (χ0) is 33.1. The molecular formula is C46H37N3. The van der Waals surface area contributed by atoms with Crippen LogP contribution >= 0.6 is 0 Å². The van der Waals surface area contributed by atoms with Gasteiger partial charge in [0.1, 0.15) is 5.84 Å². The smallest absolute Gasteiger partial charge is 0.138 e. The van der Waals surface area contributed by atoms with Crippen molar-refractivity contribution in [1.82, 2.24) is 9.88 Å². The van der Waals surface area contributed by atoms with E-state index in [9.17, 15) is 0 Å². The highest BCUT2D eigenvalue weighted by Crippen LogP contribution is 2.53. The van der Waals surface area contributed by atoms with Crippen LogP contribution in [0.4, 0.5) is 0 Å². The van der Waals surface area contributed by atoms with Gasteiger partial charge in [-0.25, -0.2) is 4.99 Å². The normalized spacial score (nSPS) is 16.3. The molecule has 0 spiro atoms. The van der Waals surface area contributed by atoms with E-state index in [-0.39, 0.29) is 5.41 Å². The van der Waals surface area contributed by atoms with E-state index >= 15 is 0 Å². The molecule has 9 rings (SSSR count). The number of fused-ring (bicyclic) bond motifs is 7.